The van der Waals surface area contributed by atoms with Crippen LogP contribution in [0.25, 0.3) is 11.3 Å². The molecule has 0 fully saturated rings. The first-order chi connectivity index (χ1) is 9.47. The maximum Gasteiger partial charge on any atom is 0.260 e. The Kier molecular flexibility index (Phi) is 2.83. The van der Waals surface area contributed by atoms with Gasteiger partial charge in [-0.25, -0.2) is 4.98 Å². The Morgan fingerprint density at radius 1 is 1.35 bits per heavy atom. The number of rotatable bonds is 1. The highest BCUT2D eigenvalue weighted by Gasteiger charge is 2.28. The van der Waals surface area contributed by atoms with E-state index in [-0.39, 0.29) is 18.2 Å². The molecule has 2 aromatic rings. The van der Waals surface area contributed by atoms with Crippen LogP contribution >= 0.6 is 11.3 Å². The van der Waals surface area contributed by atoms with Gasteiger partial charge in [-0.3, -0.25) is 14.5 Å². The van der Waals surface area contributed by atoms with E-state index in [1.807, 2.05) is 19.1 Å². The van der Waals surface area contributed by atoms with Crippen molar-refractivity contribution in [2.24, 2.45) is 0 Å². The molecule has 1 aliphatic heterocycles. The summed E-state index contributed by atoms with van der Waals surface area (Å²) >= 11 is 1.42. The fraction of sp³-hybridized carbons (Fsp3) is 0.214. The molecule has 2 N–H and O–H groups in total. The molecule has 2 heterocycles. The number of likely N-dealkylation sites (N-methyl/N-ethyl adjacent to an activating group) is 1. The number of hydrogen-bond donors (Lipinski definition) is 1. The topological polar surface area (TPSA) is 76.3 Å². The Balaban J connectivity index is 2.12. The smallest absolute Gasteiger partial charge is 0.260 e. The normalized spacial score (nSPS) is 14.6. The van der Waals surface area contributed by atoms with Crippen LogP contribution in [0.1, 0.15) is 20.8 Å². The van der Waals surface area contributed by atoms with E-state index in [1.54, 1.807) is 6.07 Å². The Hall–Kier alpha value is -2.21. The molecule has 1 aliphatic rings. The number of hydrogen-bond acceptors (Lipinski definition) is 5. The van der Waals surface area contributed by atoms with Crippen molar-refractivity contribution in [1.82, 2.24) is 9.88 Å². The predicted octanol–water partition coefficient (Wildman–Crippen LogP) is 1.86. The summed E-state index contributed by atoms with van der Waals surface area (Å²) < 4.78 is 0. The van der Waals surface area contributed by atoms with Gasteiger partial charge in [-0.1, -0.05) is 12.1 Å². The van der Waals surface area contributed by atoms with Gasteiger partial charge in [-0.15, -0.1) is 11.3 Å². The second-order valence-electron chi connectivity index (χ2n) is 4.76. The van der Waals surface area contributed by atoms with Crippen molar-refractivity contribution in [1.29, 1.82) is 0 Å². The number of benzene rings is 1. The van der Waals surface area contributed by atoms with Gasteiger partial charge >= 0.3 is 0 Å². The molecule has 0 saturated carbocycles. The Morgan fingerprint density at radius 3 is 2.75 bits per heavy atom. The first-order valence-electron chi connectivity index (χ1n) is 6.14. The molecule has 1 aromatic carbocycles. The Bertz CT molecular complexity index is 736. The lowest BCUT2D eigenvalue weighted by Crippen LogP contribution is -2.39. The van der Waals surface area contributed by atoms with Crippen molar-refractivity contribution in [3.05, 3.63) is 34.2 Å². The number of aryl methyl sites for hydroxylation is 1. The Labute approximate surface area is 120 Å². The summed E-state index contributed by atoms with van der Waals surface area (Å²) in [6, 6.07) is 5.50. The second kappa shape index (κ2) is 4.42. The fourth-order valence-electron chi connectivity index (χ4n) is 2.34. The molecular weight excluding hydrogens is 274 g/mol. The van der Waals surface area contributed by atoms with Gasteiger partial charge in [0.2, 0.25) is 5.91 Å². The van der Waals surface area contributed by atoms with E-state index in [9.17, 15) is 9.59 Å². The van der Waals surface area contributed by atoms with Gasteiger partial charge < -0.3 is 5.73 Å². The lowest BCUT2D eigenvalue weighted by Gasteiger charge is -2.23. The van der Waals surface area contributed by atoms with Gasteiger partial charge in [-0.05, 0) is 18.6 Å². The van der Waals surface area contributed by atoms with Crippen LogP contribution in [-0.2, 0) is 11.2 Å². The van der Waals surface area contributed by atoms with E-state index in [4.69, 9.17) is 5.73 Å². The standard InChI is InChI=1S/C14H13N3O2S/c1-7-12(16-14(15)20-7)9-4-3-8-6-11(18)17(2)13(19)10(8)5-9/h3-5H,6H2,1-2H3,(H2,15,16). The number of nitrogens with zero attached hydrogens (tertiary/aromatic N) is 2. The third-order valence-electron chi connectivity index (χ3n) is 3.45. The number of nitrogen functional groups attached to an aromatic ring is 1. The summed E-state index contributed by atoms with van der Waals surface area (Å²) in [7, 11) is 1.51. The van der Waals surface area contributed by atoms with Crippen LogP contribution in [0.4, 0.5) is 5.13 Å². The third-order valence-corrected chi connectivity index (χ3v) is 4.25. The largest absolute Gasteiger partial charge is 0.375 e. The van der Waals surface area contributed by atoms with Gasteiger partial charge in [0.1, 0.15) is 0 Å². The lowest BCUT2D eigenvalue weighted by atomic mass is 9.95. The third kappa shape index (κ3) is 1.89. The van der Waals surface area contributed by atoms with Crippen LogP contribution in [0, 0.1) is 6.92 Å². The van der Waals surface area contributed by atoms with E-state index >= 15 is 0 Å². The monoisotopic (exact) mass is 287 g/mol. The van der Waals surface area contributed by atoms with E-state index in [0.717, 1.165) is 26.6 Å². The molecule has 0 saturated heterocycles. The van der Waals surface area contributed by atoms with Gasteiger partial charge in [0.25, 0.3) is 5.91 Å². The van der Waals surface area contributed by atoms with Crippen molar-refractivity contribution in [2.45, 2.75) is 13.3 Å². The molecule has 0 spiro atoms. The van der Waals surface area contributed by atoms with E-state index in [1.165, 1.54) is 18.4 Å². The Morgan fingerprint density at radius 2 is 2.10 bits per heavy atom. The van der Waals surface area contributed by atoms with Crippen LogP contribution in [0.15, 0.2) is 18.2 Å². The molecule has 0 aliphatic carbocycles. The summed E-state index contributed by atoms with van der Waals surface area (Å²) in [5, 5.41) is 0.508. The van der Waals surface area contributed by atoms with Crippen LogP contribution in [0.3, 0.4) is 0 Å². The van der Waals surface area contributed by atoms with Crippen molar-refractivity contribution >= 4 is 28.3 Å². The molecule has 0 unspecified atom stereocenters. The summed E-state index contributed by atoms with van der Waals surface area (Å²) in [6.07, 6.45) is 0.260. The SMILES string of the molecule is Cc1sc(N)nc1-c1ccc2c(c1)C(=O)N(C)C(=O)C2. The fourth-order valence-corrected chi connectivity index (χ4v) is 3.05. The molecule has 0 bridgehead atoms. The quantitative estimate of drug-likeness (QED) is 0.812. The highest BCUT2D eigenvalue weighted by Crippen LogP contribution is 2.31. The zero-order valence-electron chi connectivity index (χ0n) is 11.1. The first kappa shape index (κ1) is 12.8. The number of anilines is 1. The number of amides is 2. The van der Waals surface area contributed by atoms with Crippen molar-refractivity contribution in [2.75, 3.05) is 12.8 Å². The van der Waals surface area contributed by atoms with E-state index in [0.29, 0.717) is 10.7 Å². The number of fused-ring (bicyclic) bond motifs is 1. The minimum Gasteiger partial charge on any atom is -0.375 e. The maximum absolute atomic E-state index is 12.2. The van der Waals surface area contributed by atoms with Gasteiger partial charge in [-0.2, -0.15) is 0 Å². The molecule has 2 amide bonds. The highest BCUT2D eigenvalue weighted by molar-refractivity contribution is 7.15. The number of carbonyl (C=O) groups excluding carboxylic acids is 2. The van der Waals surface area contributed by atoms with Gasteiger partial charge in [0.05, 0.1) is 12.1 Å². The zero-order chi connectivity index (χ0) is 14.4. The molecule has 20 heavy (non-hydrogen) atoms. The molecule has 1 aromatic heterocycles. The maximum atomic E-state index is 12.2. The van der Waals surface area contributed by atoms with Crippen molar-refractivity contribution in [3.8, 4) is 11.3 Å². The predicted molar refractivity (Wildman–Crippen MR) is 77.5 cm³/mol. The zero-order valence-corrected chi connectivity index (χ0v) is 12.0. The van der Waals surface area contributed by atoms with Crippen molar-refractivity contribution < 1.29 is 9.59 Å². The molecule has 0 radical (unpaired) electrons. The van der Waals surface area contributed by atoms with Crippen LogP contribution in [0.5, 0.6) is 0 Å². The van der Waals surface area contributed by atoms with E-state index in [2.05, 4.69) is 4.98 Å². The van der Waals surface area contributed by atoms with Crippen LogP contribution < -0.4 is 5.73 Å². The molecular formula is C14H13N3O2S. The molecule has 0 atom stereocenters. The number of nitrogens with two attached hydrogens (primary N) is 1. The van der Waals surface area contributed by atoms with Gasteiger partial charge in [0.15, 0.2) is 5.13 Å². The number of thiazole rings is 1. The lowest BCUT2D eigenvalue weighted by molar-refractivity contribution is -0.127. The number of aromatic nitrogens is 1. The molecule has 3 rings (SSSR count). The molecule has 102 valence electrons. The second-order valence-corrected chi connectivity index (χ2v) is 6.00. The summed E-state index contributed by atoms with van der Waals surface area (Å²) in [6.45, 7) is 1.94. The average molecular weight is 287 g/mol. The molecule has 6 heteroatoms. The summed E-state index contributed by atoms with van der Waals surface area (Å²) in [5.41, 5.74) is 8.69. The van der Waals surface area contributed by atoms with Crippen molar-refractivity contribution in [3.63, 3.8) is 0 Å². The van der Waals surface area contributed by atoms with Crippen LogP contribution in [0.2, 0.25) is 0 Å². The first-order valence-corrected chi connectivity index (χ1v) is 6.96. The number of carbonyl (C=O) groups is 2. The number of imide groups is 1. The van der Waals surface area contributed by atoms with Crippen LogP contribution in [-0.4, -0.2) is 28.7 Å². The summed E-state index contributed by atoms with van der Waals surface area (Å²) in [4.78, 5) is 30.3. The minimum atomic E-state index is -0.265. The van der Waals surface area contributed by atoms with E-state index < -0.39 is 0 Å². The van der Waals surface area contributed by atoms with Gasteiger partial charge in [0, 0.05) is 23.1 Å². The average Bonchev–Trinajstić information content (AvgIpc) is 2.75. The summed E-state index contributed by atoms with van der Waals surface area (Å²) in [5.74, 6) is -0.441. The minimum absolute atomic E-state index is 0.177. The molecule has 5 nitrogen and oxygen atoms in total. The highest BCUT2D eigenvalue weighted by atomic mass is 32.1.